The molecule has 3 heteroatoms. The number of hydrogen-bond donors (Lipinski definition) is 1. The van der Waals surface area contributed by atoms with Crippen molar-refractivity contribution in [3.8, 4) is 0 Å². The van der Waals surface area contributed by atoms with Crippen molar-refractivity contribution < 1.29 is 14.6 Å². The van der Waals surface area contributed by atoms with Crippen LogP contribution in [0.4, 0.5) is 0 Å². The van der Waals surface area contributed by atoms with Gasteiger partial charge in [-0.1, -0.05) is 18.2 Å². The number of ether oxygens (including phenoxy) is 2. The van der Waals surface area contributed by atoms with Crippen LogP contribution in [0.2, 0.25) is 0 Å². The highest BCUT2D eigenvalue weighted by molar-refractivity contribution is 5.36. The maximum Gasteiger partial charge on any atom is 0.136 e. The first-order chi connectivity index (χ1) is 6.78. The van der Waals surface area contributed by atoms with E-state index >= 15 is 0 Å². The minimum atomic E-state index is -0.752. The summed E-state index contributed by atoms with van der Waals surface area (Å²) in [7, 11) is 0. The zero-order chi connectivity index (χ0) is 9.60. The van der Waals surface area contributed by atoms with E-state index < -0.39 is 5.60 Å². The van der Waals surface area contributed by atoms with Crippen LogP contribution in [0.1, 0.15) is 16.7 Å². The molecule has 1 aromatic carbocycles. The van der Waals surface area contributed by atoms with Gasteiger partial charge in [-0.05, 0) is 16.7 Å². The second-order valence-electron chi connectivity index (χ2n) is 4.00. The Morgan fingerprint density at radius 1 is 1.07 bits per heavy atom. The molecule has 0 unspecified atom stereocenters. The summed E-state index contributed by atoms with van der Waals surface area (Å²) in [5.74, 6) is 0. The second kappa shape index (κ2) is 2.79. The molecule has 1 N–H and O–H groups in total. The zero-order valence-corrected chi connectivity index (χ0v) is 7.82. The molecule has 1 aromatic rings. The molecule has 0 bridgehead atoms. The van der Waals surface area contributed by atoms with Crippen molar-refractivity contribution in [1.29, 1.82) is 0 Å². The van der Waals surface area contributed by atoms with E-state index in [4.69, 9.17) is 9.47 Å². The van der Waals surface area contributed by atoms with E-state index in [9.17, 15) is 5.11 Å². The summed E-state index contributed by atoms with van der Waals surface area (Å²) in [6, 6.07) is 6.04. The van der Waals surface area contributed by atoms with Crippen LogP contribution in [0.5, 0.6) is 0 Å². The van der Waals surface area contributed by atoms with Gasteiger partial charge in [0.2, 0.25) is 0 Å². The fourth-order valence-corrected chi connectivity index (χ4v) is 1.92. The Hall–Kier alpha value is -0.900. The third-order valence-corrected chi connectivity index (χ3v) is 2.94. The van der Waals surface area contributed by atoms with Crippen molar-refractivity contribution >= 4 is 0 Å². The Balaban J connectivity index is 2.00. The first-order valence-corrected chi connectivity index (χ1v) is 4.78. The van der Waals surface area contributed by atoms with Gasteiger partial charge in [-0.3, -0.25) is 0 Å². The highest BCUT2D eigenvalue weighted by Gasteiger charge is 2.38. The lowest BCUT2D eigenvalue weighted by atomic mass is 9.90. The van der Waals surface area contributed by atoms with Crippen LogP contribution >= 0.6 is 0 Å². The molecule has 1 saturated heterocycles. The Morgan fingerprint density at radius 3 is 2.57 bits per heavy atom. The average Bonchev–Trinajstić information content (AvgIpc) is 2.60. The van der Waals surface area contributed by atoms with Crippen molar-refractivity contribution in [2.75, 3.05) is 13.2 Å². The lowest BCUT2D eigenvalue weighted by Gasteiger charge is -2.36. The number of hydrogen-bond acceptors (Lipinski definition) is 3. The molecular weight excluding hydrogens is 180 g/mol. The van der Waals surface area contributed by atoms with Crippen LogP contribution in [0.15, 0.2) is 18.2 Å². The van der Waals surface area contributed by atoms with Crippen molar-refractivity contribution in [2.45, 2.75) is 18.8 Å². The number of aliphatic hydroxyl groups is 1. The van der Waals surface area contributed by atoms with Crippen LogP contribution in [0.25, 0.3) is 0 Å². The van der Waals surface area contributed by atoms with E-state index in [-0.39, 0.29) is 0 Å². The quantitative estimate of drug-likeness (QED) is 0.719. The van der Waals surface area contributed by atoms with Gasteiger partial charge in [-0.25, -0.2) is 0 Å². The summed E-state index contributed by atoms with van der Waals surface area (Å²) in [6.07, 6.45) is 0. The largest absolute Gasteiger partial charge is 0.380 e. The zero-order valence-electron chi connectivity index (χ0n) is 7.82. The van der Waals surface area contributed by atoms with Crippen LogP contribution < -0.4 is 0 Å². The predicted octanol–water partition coefficient (Wildman–Crippen LogP) is 0.935. The van der Waals surface area contributed by atoms with E-state index in [0.29, 0.717) is 26.4 Å². The minimum Gasteiger partial charge on any atom is -0.380 e. The van der Waals surface area contributed by atoms with Gasteiger partial charge in [0.1, 0.15) is 5.60 Å². The molecule has 2 heterocycles. The van der Waals surface area contributed by atoms with Gasteiger partial charge in [0.25, 0.3) is 0 Å². The highest BCUT2D eigenvalue weighted by atomic mass is 16.5. The molecule has 2 aliphatic heterocycles. The van der Waals surface area contributed by atoms with E-state index in [2.05, 4.69) is 0 Å². The number of fused-ring (bicyclic) bond motifs is 1. The topological polar surface area (TPSA) is 38.7 Å². The molecule has 0 atom stereocenters. The minimum absolute atomic E-state index is 0.409. The molecule has 0 spiro atoms. The molecule has 74 valence electrons. The van der Waals surface area contributed by atoms with Gasteiger partial charge in [0.15, 0.2) is 0 Å². The molecule has 0 saturated carbocycles. The molecule has 1 fully saturated rings. The number of rotatable bonds is 1. The van der Waals surface area contributed by atoms with Gasteiger partial charge in [0, 0.05) is 0 Å². The van der Waals surface area contributed by atoms with E-state index in [1.807, 2.05) is 18.2 Å². The molecule has 2 aliphatic rings. The number of benzene rings is 1. The normalized spacial score (nSPS) is 22.9. The predicted molar refractivity (Wildman–Crippen MR) is 49.7 cm³/mol. The smallest absolute Gasteiger partial charge is 0.136 e. The Kier molecular flexibility index (Phi) is 1.68. The van der Waals surface area contributed by atoms with Crippen LogP contribution in [0.3, 0.4) is 0 Å². The molecule has 0 radical (unpaired) electrons. The lowest BCUT2D eigenvalue weighted by Crippen LogP contribution is -2.46. The molecule has 3 nitrogen and oxygen atoms in total. The summed E-state index contributed by atoms with van der Waals surface area (Å²) in [4.78, 5) is 0. The van der Waals surface area contributed by atoms with Crippen molar-refractivity contribution in [2.24, 2.45) is 0 Å². The van der Waals surface area contributed by atoms with Crippen molar-refractivity contribution in [1.82, 2.24) is 0 Å². The molecule has 14 heavy (non-hydrogen) atoms. The monoisotopic (exact) mass is 192 g/mol. The fraction of sp³-hybridized carbons (Fsp3) is 0.455. The second-order valence-corrected chi connectivity index (χ2v) is 4.00. The highest BCUT2D eigenvalue weighted by Crippen LogP contribution is 2.32. The Bertz CT molecular complexity index is 369. The van der Waals surface area contributed by atoms with E-state index in [0.717, 1.165) is 5.56 Å². The first-order valence-electron chi connectivity index (χ1n) is 4.78. The van der Waals surface area contributed by atoms with Gasteiger partial charge in [0.05, 0.1) is 26.4 Å². The molecular formula is C11H12O3. The van der Waals surface area contributed by atoms with Gasteiger partial charge >= 0.3 is 0 Å². The van der Waals surface area contributed by atoms with E-state index in [1.165, 1.54) is 11.1 Å². The summed E-state index contributed by atoms with van der Waals surface area (Å²) in [5, 5.41) is 10.0. The average molecular weight is 192 g/mol. The van der Waals surface area contributed by atoms with E-state index in [1.54, 1.807) is 0 Å². The van der Waals surface area contributed by atoms with Gasteiger partial charge < -0.3 is 14.6 Å². The molecule has 0 amide bonds. The van der Waals surface area contributed by atoms with Crippen LogP contribution in [-0.4, -0.2) is 18.3 Å². The Labute approximate surface area is 82.3 Å². The molecule has 0 aliphatic carbocycles. The summed E-state index contributed by atoms with van der Waals surface area (Å²) >= 11 is 0. The van der Waals surface area contributed by atoms with Crippen molar-refractivity contribution in [3.63, 3.8) is 0 Å². The fourth-order valence-electron chi connectivity index (χ4n) is 1.92. The van der Waals surface area contributed by atoms with Crippen LogP contribution in [0, 0.1) is 0 Å². The van der Waals surface area contributed by atoms with Crippen molar-refractivity contribution in [3.05, 3.63) is 34.9 Å². The first kappa shape index (κ1) is 8.41. The third-order valence-electron chi connectivity index (χ3n) is 2.94. The summed E-state index contributed by atoms with van der Waals surface area (Å²) < 4.78 is 10.4. The van der Waals surface area contributed by atoms with Gasteiger partial charge in [-0.2, -0.15) is 0 Å². The maximum absolute atomic E-state index is 10.0. The maximum atomic E-state index is 10.0. The SMILES string of the molecule is OC1(c2ccc3c(c2)COC3)COC1. The Morgan fingerprint density at radius 2 is 1.86 bits per heavy atom. The van der Waals surface area contributed by atoms with Crippen LogP contribution in [-0.2, 0) is 28.3 Å². The molecule has 3 rings (SSSR count). The summed E-state index contributed by atoms with van der Waals surface area (Å²) in [5.41, 5.74) is 2.63. The third kappa shape index (κ3) is 1.10. The summed E-state index contributed by atoms with van der Waals surface area (Å²) in [6.45, 7) is 2.18. The molecule has 0 aromatic heterocycles. The van der Waals surface area contributed by atoms with Gasteiger partial charge in [-0.15, -0.1) is 0 Å². The standard InChI is InChI=1S/C11H12O3/c12-11(6-14-7-11)10-2-1-8-4-13-5-9(8)3-10/h1-3,12H,4-7H2. The lowest BCUT2D eigenvalue weighted by molar-refractivity contribution is -0.184.